The summed E-state index contributed by atoms with van der Waals surface area (Å²) in [5.74, 6) is 3.56. The Kier molecular flexibility index (Phi) is 7.36. The fourth-order valence-corrected chi connectivity index (χ4v) is 6.07. The third-order valence-corrected chi connectivity index (χ3v) is 7.78. The van der Waals surface area contributed by atoms with Crippen LogP contribution < -0.4 is 15.5 Å². The monoisotopic (exact) mass is 434 g/mol. The van der Waals surface area contributed by atoms with Gasteiger partial charge in [-0.1, -0.05) is 19.3 Å². The second-order valence-corrected chi connectivity index (χ2v) is 9.92. The molecule has 1 aromatic heterocycles. The lowest BCUT2D eigenvalue weighted by Gasteiger charge is -2.48. The SMILES string of the molecule is CN=C(NCC1(N2CCSCC2)CCCCC1)NC1CCN(c2ncccc2F)C1. The summed E-state index contributed by atoms with van der Waals surface area (Å²) >= 11 is 2.08. The number of rotatable bonds is 5. The molecule has 3 aliphatic rings. The number of hydrogen-bond donors (Lipinski definition) is 2. The van der Waals surface area contributed by atoms with Crippen molar-refractivity contribution in [3.63, 3.8) is 0 Å². The summed E-state index contributed by atoms with van der Waals surface area (Å²) in [5.41, 5.74) is 0.260. The number of aliphatic imine (C=N–C) groups is 1. The van der Waals surface area contributed by atoms with Crippen molar-refractivity contribution < 1.29 is 4.39 Å². The van der Waals surface area contributed by atoms with Gasteiger partial charge in [-0.2, -0.15) is 11.8 Å². The highest BCUT2D eigenvalue weighted by Gasteiger charge is 2.38. The van der Waals surface area contributed by atoms with Gasteiger partial charge in [0.2, 0.25) is 0 Å². The number of nitrogens with zero attached hydrogens (tertiary/aromatic N) is 4. The maximum Gasteiger partial charge on any atom is 0.191 e. The van der Waals surface area contributed by atoms with Crippen LogP contribution in [-0.4, -0.2) is 78.7 Å². The highest BCUT2D eigenvalue weighted by molar-refractivity contribution is 7.99. The van der Waals surface area contributed by atoms with E-state index in [0.29, 0.717) is 5.82 Å². The molecule has 8 heteroatoms. The van der Waals surface area contributed by atoms with Crippen molar-refractivity contribution >= 4 is 23.5 Å². The van der Waals surface area contributed by atoms with Crippen LogP contribution in [0.2, 0.25) is 0 Å². The summed E-state index contributed by atoms with van der Waals surface area (Å²) in [7, 11) is 1.84. The molecule has 0 aromatic carbocycles. The van der Waals surface area contributed by atoms with Gasteiger partial charge in [0.05, 0.1) is 0 Å². The van der Waals surface area contributed by atoms with Gasteiger partial charge in [-0.3, -0.25) is 9.89 Å². The second kappa shape index (κ2) is 10.2. The van der Waals surface area contributed by atoms with Gasteiger partial charge in [0.25, 0.3) is 0 Å². The predicted molar refractivity (Wildman–Crippen MR) is 124 cm³/mol. The number of thioether (sulfide) groups is 1. The van der Waals surface area contributed by atoms with E-state index in [1.165, 1.54) is 62.8 Å². The molecule has 2 saturated heterocycles. The van der Waals surface area contributed by atoms with Gasteiger partial charge in [0.15, 0.2) is 17.6 Å². The van der Waals surface area contributed by atoms with E-state index in [2.05, 4.69) is 37.3 Å². The van der Waals surface area contributed by atoms with E-state index in [1.807, 2.05) is 11.9 Å². The van der Waals surface area contributed by atoms with Crippen LogP contribution in [0, 0.1) is 5.82 Å². The fraction of sp³-hybridized carbons (Fsp3) is 0.727. The van der Waals surface area contributed by atoms with E-state index < -0.39 is 0 Å². The molecule has 30 heavy (non-hydrogen) atoms. The van der Waals surface area contributed by atoms with E-state index in [0.717, 1.165) is 32.0 Å². The van der Waals surface area contributed by atoms with Gasteiger partial charge in [0.1, 0.15) is 0 Å². The number of anilines is 1. The molecule has 1 aliphatic carbocycles. The number of guanidine groups is 1. The molecule has 166 valence electrons. The van der Waals surface area contributed by atoms with E-state index in [9.17, 15) is 4.39 Å². The first-order valence-corrected chi connectivity index (χ1v) is 12.5. The molecule has 3 fully saturated rings. The van der Waals surface area contributed by atoms with Gasteiger partial charge in [-0.05, 0) is 31.4 Å². The summed E-state index contributed by atoms with van der Waals surface area (Å²) in [4.78, 5) is 13.5. The smallest absolute Gasteiger partial charge is 0.191 e. The average molecular weight is 435 g/mol. The third kappa shape index (κ3) is 5.02. The van der Waals surface area contributed by atoms with Crippen LogP contribution in [0.3, 0.4) is 0 Å². The van der Waals surface area contributed by atoms with Crippen molar-refractivity contribution in [2.75, 3.05) is 56.2 Å². The van der Waals surface area contributed by atoms with E-state index in [-0.39, 0.29) is 17.4 Å². The molecule has 2 aliphatic heterocycles. The van der Waals surface area contributed by atoms with Crippen LogP contribution in [-0.2, 0) is 0 Å². The van der Waals surface area contributed by atoms with Crippen LogP contribution in [0.15, 0.2) is 23.3 Å². The fourth-order valence-electron chi connectivity index (χ4n) is 5.17. The van der Waals surface area contributed by atoms with Crippen LogP contribution in [0.5, 0.6) is 0 Å². The molecule has 0 spiro atoms. The maximum absolute atomic E-state index is 14.1. The molecular weight excluding hydrogens is 399 g/mol. The molecule has 0 bridgehead atoms. The molecule has 1 aromatic rings. The molecule has 0 amide bonds. The van der Waals surface area contributed by atoms with E-state index in [4.69, 9.17) is 0 Å². The van der Waals surface area contributed by atoms with Crippen LogP contribution in [0.4, 0.5) is 10.2 Å². The van der Waals surface area contributed by atoms with Crippen LogP contribution in [0.25, 0.3) is 0 Å². The number of aromatic nitrogens is 1. The molecule has 6 nitrogen and oxygen atoms in total. The maximum atomic E-state index is 14.1. The van der Waals surface area contributed by atoms with Crippen molar-refractivity contribution in [1.29, 1.82) is 0 Å². The van der Waals surface area contributed by atoms with Gasteiger partial charge < -0.3 is 15.5 Å². The number of halogens is 1. The van der Waals surface area contributed by atoms with Crippen LogP contribution in [0.1, 0.15) is 38.5 Å². The first-order chi connectivity index (χ1) is 14.7. The zero-order chi connectivity index (χ0) is 20.8. The minimum absolute atomic E-state index is 0.242. The molecule has 1 saturated carbocycles. The van der Waals surface area contributed by atoms with Crippen molar-refractivity contribution in [2.24, 2.45) is 4.99 Å². The topological polar surface area (TPSA) is 55.8 Å². The van der Waals surface area contributed by atoms with Crippen molar-refractivity contribution in [3.05, 3.63) is 24.1 Å². The second-order valence-electron chi connectivity index (χ2n) is 8.69. The zero-order valence-corrected chi connectivity index (χ0v) is 18.9. The molecular formula is C22H35FN6S. The zero-order valence-electron chi connectivity index (χ0n) is 18.1. The summed E-state index contributed by atoms with van der Waals surface area (Å²) in [6, 6.07) is 3.36. The number of hydrogen-bond acceptors (Lipinski definition) is 5. The highest BCUT2D eigenvalue weighted by atomic mass is 32.2. The number of pyridine rings is 1. The molecule has 1 atom stereocenters. The quantitative estimate of drug-likeness (QED) is 0.549. The Morgan fingerprint density at radius 3 is 2.80 bits per heavy atom. The lowest BCUT2D eigenvalue weighted by Crippen LogP contribution is -2.60. The summed E-state index contributed by atoms with van der Waals surface area (Å²) in [6.45, 7) is 4.89. The Hall–Kier alpha value is -1.54. The molecule has 1 unspecified atom stereocenters. The average Bonchev–Trinajstić information content (AvgIpc) is 3.26. The lowest BCUT2D eigenvalue weighted by atomic mass is 9.80. The Balaban J connectivity index is 1.33. The van der Waals surface area contributed by atoms with Crippen molar-refractivity contribution in [2.45, 2.75) is 50.1 Å². The van der Waals surface area contributed by atoms with E-state index in [1.54, 1.807) is 12.3 Å². The summed E-state index contributed by atoms with van der Waals surface area (Å²) in [6.07, 6.45) is 9.16. The van der Waals surface area contributed by atoms with Gasteiger partial charge in [-0.15, -0.1) is 0 Å². The van der Waals surface area contributed by atoms with Gasteiger partial charge in [0, 0.05) is 69.1 Å². The minimum Gasteiger partial charge on any atom is -0.355 e. The Bertz CT molecular complexity index is 717. The van der Waals surface area contributed by atoms with Crippen LogP contribution >= 0.6 is 11.8 Å². The Labute approximate surface area is 184 Å². The Morgan fingerprint density at radius 1 is 1.27 bits per heavy atom. The van der Waals surface area contributed by atoms with Crippen molar-refractivity contribution in [3.8, 4) is 0 Å². The van der Waals surface area contributed by atoms with Crippen molar-refractivity contribution in [1.82, 2.24) is 20.5 Å². The normalized spacial score (nSPS) is 25.3. The summed E-state index contributed by atoms with van der Waals surface area (Å²) < 4.78 is 14.1. The molecule has 2 N–H and O–H groups in total. The van der Waals surface area contributed by atoms with Gasteiger partial charge >= 0.3 is 0 Å². The third-order valence-electron chi connectivity index (χ3n) is 6.84. The highest BCUT2D eigenvalue weighted by Crippen LogP contribution is 2.34. The Morgan fingerprint density at radius 2 is 2.07 bits per heavy atom. The first-order valence-electron chi connectivity index (χ1n) is 11.4. The lowest BCUT2D eigenvalue weighted by molar-refractivity contribution is 0.0625. The minimum atomic E-state index is -0.250. The summed E-state index contributed by atoms with van der Waals surface area (Å²) in [5, 5.41) is 7.22. The standard InChI is InChI=1S/C22H35FN6S/c1-24-21(27-18-7-11-28(16-18)20-19(23)6-5-10-25-20)26-17-22(8-3-2-4-9-22)29-12-14-30-15-13-29/h5-6,10,18H,2-4,7-9,11-17H2,1H3,(H2,24,26,27). The predicted octanol–water partition coefficient (Wildman–Crippen LogP) is 2.72. The number of nitrogens with one attached hydrogen (secondary N) is 2. The molecule has 0 radical (unpaired) electrons. The molecule has 3 heterocycles. The first kappa shape index (κ1) is 21.7. The largest absolute Gasteiger partial charge is 0.355 e. The van der Waals surface area contributed by atoms with E-state index >= 15 is 0 Å². The molecule has 4 rings (SSSR count). The van der Waals surface area contributed by atoms with Gasteiger partial charge in [-0.25, -0.2) is 9.37 Å².